The summed E-state index contributed by atoms with van der Waals surface area (Å²) in [5.74, 6) is 0.582. The zero-order valence-electron chi connectivity index (χ0n) is 12.9. The van der Waals surface area contributed by atoms with E-state index in [0.717, 1.165) is 46.4 Å². The van der Waals surface area contributed by atoms with Crippen LogP contribution in [-0.2, 0) is 13.0 Å². The summed E-state index contributed by atoms with van der Waals surface area (Å²) in [5.41, 5.74) is 2.83. The molecule has 2 aromatic heterocycles. The van der Waals surface area contributed by atoms with Crippen molar-refractivity contribution < 1.29 is 9.13 Å². The van der Waals surface area contributed by atoms with Gasteiger partial charge in [0.2, 0.25) is 0 Å². The molecular formula is C17H16BrFN4O. The number of rotatable bonds is 4. The number of benzene rings is 1. The van der Waals surface area contributed by atoms with Gasteiger partial charge >= 0.3 is 0 Å². The minimum Gasteiger partial charge on any atom is -0.489 e. The highest BCUT2D eigenvalue weighted by molar-refractivity contribution is 9.10. The summed E-state index contributed by atoms with van der Waals surface area (Å²) in [6.07, 6.45) is 7.27. The van der Waals surface area contributed by atoms with Crippen molar-refractivity contribution >= 4 is 21.6 Å². The summed E-state index contributed by atoms with van der Waals surface area (Å²) in [4.78, 5) is 4.39. The second kappa shape index (κ2) is 6.49. The smallest absolute Gasteiger partial charge is 0.159 e. The predicted molar refractivity (Wildman–Crippen MR) is 91.5 cm³/mol. The van der Waals surface area contributed by atoms with Crippen LogP contribution in [0, 0.1) is 5.82 Å². The third-order valence-corrected chi connectivity index (χ3v) is 4.55. The Hall–Kier alpha value is -1.99. The first-order valence-electron chi connectivity index (χ1n) is 7.82. The van der Waals surface area contributed by atoms with Gasteiger partial charge in [0.15, 0.2) is 5.65 Å². The van der Waals surface area contributed by atoms with Gasteiger partial charge in [0, 0.05) is 31.0 Å². The van der Waals surface area contributed by atoms with Crippen molar-refractivity contribution in [2.24, 2.45) is 0 Å². The van der Waals surface area contributed by atoms with E-state index in [2.05, 4.69) is 31.3 Å². The Kier molecular flexibility index (Phi) is 4.20. The first-order valence-corrected chi connectivity index (χ1v) is 8.62. The average Bonchev–Trinajstić information content (AvgIpc) is 2.97. The number of nitrogens with zero attached hydrogens (tertiary/aromatic N) is 3. The van der Waals surface area contributed by atoms with Crippen LogP contribution < -0.4 is 10.1 Å². The van der Waals surface area contributed by atoms with Crippen molar-refractivity contribution in [2.45, 2.75) is 25.5 Å². The van der Waals surface area contributed by atoms with E-state index in [9.17, 15) is 4.39 Å². The van der Waals surface area contributed by atoms with E-state index in [-0.39, 0.29) is 11.9 Å². The fraction of sp³-hybridized carbons (Fsp3) is 0.294. The number of hydrogen-bond donors (Lipinski definition) is 1. The molecule has 124 valence electrons. The number of halogens is 2. The van der Waals surface area contributed by atoms with Gasteiger partial charge in [-0.2, -0.15) is 5.10 Å². The minimum absolute atomic E-state index is 0.0897. The molecule has 0 spiro atoms. The van der Waals surface area contributed by atoms with E-state index in [1.165, 1.54) is 6.07 Å². The lowest BCUT2D eigenvalue weighted by molar-refractivity contribution is 0.170. The maximum absolute atomic E-state index is 13.2. The van der Waals surface area contributed by atoms with E-state index in [4.69, 9.17) is 4.74 Å². The van der Waals surface area contributed by atoms with Crippen molar-refractivity contribution in [3.05, 3.63) is 58.2 Å². The second-order valence-corrected chi connectivity index (χ2v) is 6.79. The second-order valence-electron chi connectivity index (χ2n) is 5.87. The van der Waals surface area contributed by atoms with Gasteiger partial charge in [0.05, 0.1) is 10.7 Å². The highest BCUT2D eigenvalue weighted by Gasteiger charge is 2.20. The molecule has 0 amide bonds. The number of aryl methyl sites for hydroxylation is 1. The molecule has 0 radical (unpaired) electrons. The summed E-state index contributed by atoms with van der Waals surface area (Å²) in [6.45, 7) is 1.40. The molecule has 4 rings (SSSR count). The fourth-order valence-electron chi connectivity index (χ4n) is 2.95. The number of ether oxygens (including phenoxy) is 1. The van der Waals surface area contributed by atoms with Crippen molar-refractivity contribution in [1.82, 2.24) is 19.9 Å². The van der Waals surface area contributed by atoms with E-state index >= 15 is 0 Å². The molecule has 1 N–H and O–H groups in total. The molecule has 1 atom stereocenters. The zero-order valence-corrected chi connectivity index (χ0v) is 14.5. The minimum atomic E-state index is -0.207. The number of aromatic nitrogens is 3. The van der Waals surface area contributed by atoms with Crippen LogP contribution in [0.15, 0.2) is 41.3 Å². The lowest BCUT2D eigenvalue weighted by Gasteiger charge is -2.26. The van der Waals surface area contributed by atoms with Gasteiger partial charge in [0.25, 0.3) is 0 Å². The topological polar surface area (TPSA) is 51.5 Å². The number of nitrogens with one attached hydrogen (secondary N) is 1. The maximum atomic E-state index is 13.2. The molecule has 1 aliphatic rings. The van der Waals surface area contributed by atoms with E-state index < -0.39 is 0 Å². The molecule has 7 heteroatoms. The Morgan fingerprint density at radius 1 is 1.38 bits per heavy atom. The summed E-state index contributed by atoms with van der Waals surface area (Å²) in [7, 11) is 0. The Labute approximate surface area is 147 Å². The molecule has 0 fully saturated rings. The molecule has 1 unspecified atom stereocenters. The number of fused-ring (bicyclic) bond motifs is 2. The lowest BCUT2D eigenvalue weighted by atomic mass is 10.0. The van der Waals surface area contributed by atoms with Crippen molar-refractivity contribution in [2.75, 3.05) is 6.54 Å². The van der Waals surface area contributed by atoms with Crippen LogP contribution in [0.2, 0.25) is 0 Å². The predicted octanol–water partition coefficient (Wildman–Crippen LogP) is 3.11. The third kappa shape index (κ3) is 3.14. The lowest BCUT2D eigenvalue weighted by Crippen LogP contribution is -2.34. The maximum Gasteiger partial charge on any atom is 0.159 e. The van der Waals surface area contributed by atoms with Crippen LogP contribution in [0.25, 0.3) is 5.65 Å². The van der Waals surface area contributed by atoms with Crippen LogP contribution in [0.5, 0.6) is 5.75 Å². The highest BCUT2D eigenvalue weighted by atomic mass is 79.9. The summed E-state index contributed by atoms with van der Waals surface area (Å²) >= 11 is 3.39. The molecule has 0 aliphatic carbocycles. The first-order chi connectivity index (χ1) is 11.7. The van der Waals surface area contributed by atoms with Gasteiger partial charge in [-0.1, -0.05) is 0 Å². The van der Waals surface area contributed by atoms with Gasteiger partial charge in [-0.05, 0) is 52.5 Å². The first kappa shape index (κ1) is 15.5. The highest BCUT2D eigenvalue weighted by Crippen LogP contribution is 2.27. The van der Waals surface area contributed by atoms with Crippen molar-refractivity contribution in [1.29, 1.82) is 0 Å². The average molecular weight is 391 g/mol. The third-order valence-electron chi connectivity index (χ3n) is 4.14. The van der Waals surface area contributed by atoms with Gasteiger partial charge < -0.3 is 10.1 Å². The zero-order chi connectivity index (χ0) is 16.5. The Bertz CT molecular complexity index is 882. The van der Waals surface area contributed by atoms with Gasteiger partial charge in [-0.3, -0.25) is 0 Å². The van der Waals surface area contributed by atoms with Crippen LogP contribution >= 0.6 is 15.9 Å². The van der Waals surface area contributed by atoms with Gasteiger partial charge in [-0.15, -0.1) is 0 Å². The molecule has 1 aromatic carbocycles. The van der Waals surface area contributed by atoms with E-state index in [1.54, 1.807) is 22.8 Å². The number of hydrogen-bond acceptors (Lipinski definition) is 4. The molecule has 1 aliphatic heterocycles. The molecule has 5 nitrogen and oxygen atoms in total. The van der Waals surface area contributed by atoms with Crippen LogP contribution in [-0.4, -0.2) is 27.2 Å². The summed E-state index contributed by atoms with van der Waals surface area (Å²) in [5, 5.41) is 7.70. The van der Waals surface area contributed by atoms with Gasteiger partial charge in [0.1, 0.15) is 17.7 Å². The monoisotopic (exact) mass is 390 g/mol. The Morgan fingerprint density at radius 3 is 3.21 bits per heavy atom. The standard InChI is InChI=1S/C17H16BrFN4O/c18-13-8-21-17-12(7-22-23(17)10-13)6-20-9-15-3-1-11-5-14(19)2-4-16(11)24-15/h2,4-5,7-8,10,15,20H,1,3,6,9H2. The fourth-order valence-corrected chi connectivity index (χ4v) is 3.25. The van der Waals surface area contributed by atoms with Crippen LogP contribution in [0.1, 0.15) is 17.5 Å². The molecular weight excluding hydrogens is 375 g/mol. The summed E-state index contributed by atoms with van der Waals surface area (Å²) < 4.78 is 21.8. The van der Waals surface area contributed by atoms with Crippen molar-refractivity contribution in [3.63, 3.8) is 0 Å². The van der Waals surface area contributed by atoms with Crippen LogP contribution in [0.3, 0.4) is 0 Å². The molecule has 24 heavy (non-hydrogen) atoms. The van der Waals surface area contributed by atoms with E-state index in [0.29, 0.717) is 6.54 Å². The van der Waals surface area contributed by atoms with Gasteiger partial charge in [-0.25, -0.2) is 13.9 Å². The van der Waals surface area contributed by atoms with Crippen LogP contribution in [0.4, 0.5) is 4.39 Å². The Balaban J connectivity index is 1.36. The summed E-state index contributed by atoms with van der Waals surface area (Å²) in [6, 6.07) is 4.71. The largest absolute Gasteiger partial charge is 0.489 e. The SMILES string of the molecule is Fc1ccc2c(c1)CCC(CNCc1cnn3cc(Br)cnc13)O2. The normalized spacial score (nSPS) is 16.8. The molecule has 0 bridgehead atoms. The van der Waals surface area contributed by atoms with Crippen molar-refractivity contribution in [3.8, 4) is 5.75 Å². The molecule has 3 heterocycles. The molecule has 3 aromatic rings. The van der Waals surface area contributed by atoms with E-state index in [1.807, 2.05) is 12.4 Å². The molecule has 0 saturated heterocycles. The molecule has 0 saturated carbocycles. The quantitative estimate of drug-likeness (QED) is 0.743. The Morgan fingerprint density at radius 2 is 2.29 bits per heavy atom.